The first kappa shape index (κ1) is 12.6. The number of carbonyl (C=O) groups is 1. The monoisotopic (exact) mass is 251 g/mol. The van der Waals surface area contributed by atoms with Crippen LogP contribution in [-0.2, 0) is 11.2 Å². The number of hydrogen-bond donors (Lipinski definition) is 2. The topological polar surface area (TPSA) is 86.3 Å². The van der Waals surface area contributed by atoms with Crippen LogP contribution < -0.4 is 10.5 Å². The second-order valence-corrected chi connectivity index (χ2v) is 4.51. The maximum absolute atomic E-state index is 11.5. The van der Waals surface area contributed by atoms with Crippen LogP contribution in [0.2, 0.25) is 0 Å². The Balaban J connectivity index is 2.12. The third-order valence-electron chi connectivity index (χ3n) is 3.29. The predicted molar refractivity (Wildman–Crippen MR) is 66.8 cm³/mol. The van der Waals surface area contributed by atoms with Gasteiger partial charge >= 0.3 is 5.97 Å². The van der Waals surface area contributed by atoms with E-state index in [0.717, 1.165) is 5.69 Å². The minimum absolute atomic E-state index is 0.155. The number of carboxylic acids is 1. The molecule has 0 amide bonds. The van der Waals surface area contributed by atoms with E-state index in [0.29, 0.717) is 38.3 Å². The zero-order valence-electron chi connectivity index (χ0n) is 10.3. The number of nitrogens with one attached hydrogen (secondary N) is 1. The van der Waals surface area contributed by atoms with Crippen molar-refractivity contribution in [3.63, 3.8) is 0 Å². The number of aromatic amines is 1. The minimum atomic E-state index is -0.738. The normalized spacial score (nSPS) is 16.8. The lowest BCUT2D eigenvalue weighted by Gasteiger charge is -2.30. The molecule has 0 spiro atoms. The van der Waals surface area contributed by atoms with Crippen molar-refractivity contribution >= 4 is 11.9 Å². The fourth-order valence-corrected chi connectivity index (χ4v) is 2.16. The first-order valence-electron chi connectivity index (χ1n) is 6.18. The molecule has 2 heterocycles. The number of piperidine rings is 1. The first-order chi connectivity index (χ1) is 8.60. The standard InChI is InChI=1S/C12H17N3O3/c1-2-9-7-10(16)14-12(13-9)15-5-3-8(4-6-15)11(17)18/h7-8H,2-6H2,1H3,(H,17,18)(H,13,14,16). The molecule has 0 radical (unpaired) electrons. The summed E-state index contributed by atoms with van der Waals surface area (Å²) in [6.45, 7) is 3.18. The Morgan fingerprint density at radius 3 is 2.78 bits per heavy atom. The Bertz CT molecular complexity index is 490. The molecule has 0 aromatic carbocycles. The predicted octanol–water partition coefficient (Wildman–Crippen LogP) is 0.633. The summed E-state index contributed by atoms with van der Waals surface area (Å²) in [5, 5.41) is 8.93. The number of H-pyrrole nitrogens is 1. The molecule has 0 saturated carbocycles. The lowest BCUT2D eigenvalue weighted by Crippen LogP contribution is -2.38. The van der Waals surface area contributed by atoms with Crippen LogP contribution in [0.5, 0.6) is 0 Å². The number of aliphatic carboxylic acids is 1. The van der Waals surface area contributed by atoms with Crippen molar-refractivity contribution in [2.24, 2.45) is 5.92 Å². The molecule has 1 aromatic rings. The van der Waals surface area contributed by atoms with E-state index in [1.54, 1.807) is 0 Å². The number of aryl methyl sites for hydroxylation is 1. The fraction of sp³-hybridized carbons (Fsp3) is 0.583. The Morgan fingerprint density at radius 1 is 1.56 bits per heavy atom. The summed E-state index contributed by atoms with van der Waals surface area (Å²) < 4.78 is 0. The Kier molecular flexibility index (Phi) is 3.64. The van der Waals surface area contributed by atoms with Gasteiger partial charge in [-0.05, 0) is 19.3 Å². The molecule has 18 heavy (non-hydrogen) atoms. The minimum Gasteiger partial charge on any atom is -0.481 e. The molecule has 6 heteroatoms. The van der Waals surface area contributed by atoms with Crippen LogP contribution in [0.1, 0.15) is 25.5 Å². The number of hydrogen-bond acceptors (Lipinski definition) is 4. The van der Waals surface area contributed by atoms with E-state index >= 15 is 0 Å². The van der Waals surface area contributed by atoms with Crippen molar-refractivity contribution in [3.05, 3.63) is 22.1 Å². The first-order valence-corrected chi connectivity index (χ1v) is 6.18. The van der Waals surface area contributed by atoms with Crippen molar-refractivity contribution < 1.29 is 9.90 Å². The van der Waals surface area contributed by atoms with Crippen LogP contribution in [0.25, 0.3) is 0 Å². The molecule has 0 aliphatic carbocycles. The number of aromatic nitrogens is 2. The molecule has 2 rings (SSSR count). The highest BCUT2D eigenvalue weighted by atomic mass is 16.4. The quantitative estimate of drug-likeness (QED) is 0.823. The van der Waals surface area contributed by atoms with Gasteiger partial charge in [0, 0.05) is 24.8 Å². The summed E-state index contributed by atoms with van der Waals surface area (Å²) in [6, 6.07) is 1.49. The summed E-state index contributed by atoms with van der Waals surface area (Å²) in [5.74, 6) is -0.455. The van der Waals surface area contributed by atoms with Gasteiger partial charge in [0.25, 0.3) is 5.56 Å². The Labute approximate surface area is 105 Å². The molecule has 1 aliphatic heterocycles. The molecule has 1 fully saturated rings. The van der Waals surface area contributed by atoms with Crippen LogP contribution in [0, 0.1) is 5.92 Å². The van der Waals surface area contributed by atoms with Crippen molar-refractivity contribution in [2.45, 2.75) is 26.2 Å². The molecule has 0 bridgehead atoms. The summed E-state index contributed by atoms with van der Waals surface area (Å²) in [7, 11) is 0. The fourth-order valence-electron chi connectivity index (χ4n) is 2.16. The number of rotatable bonds is 3. The highest BCUT2D eigenvalue weighted by molar-refractivity contribution is 5.70. The van der Waals surface area contributed by atoms with Crippen molar-refractivity contribution in [3.8, 4) is 0 Å². The van der Waals surface area contributed by atoms with E-state index in [1.807, 2.05) is 11.8 Å². The van der Waals surface area contributed by atoms with Gasteiger partial charge in [0.15, 0.2) is 0 Å². The lowest BCUT2D eigenvalue weighted by atomic mass is 9.97. The van der Waals surface area contributed by atoms with Gasteiger partial charge in [0.05, 0.1) is 5.92 Å². The van der Waals surface area contributed by atoms with Crippen LogP contribution in [-0.4, -0.2) is 34.1 Å². The number of carboxylic acid groups (broad SMARTS) is 1. The Morgan fingerprint density at radius 2 is 2.22 bits per heavy atom. The molecule has 0 atom stereocenters. The van der Waals surface area contributed by atoms with Crippen molar-refractivity contribution in [1.29, 1.82) is 0 Å². The molecule has 6 nitrogen and oxygen atoms in total. The van der Waals surface area contributed by atoms with E-state index in [1.165, 1.54) is 6.07 Å². The summed E-state index contributed by atoms with van der Waals surface area (Å²) in [4.78, 5) is 31.3. The molecular weight excluding hydrogens is 234 g/mol. The smallest absolute Gasteiger partial charge is 0.306 e. The second kappa shape index (κ2) is 5.20. The van der Waals surface area contributed by atoms with Crippen LogP contribution in [0.15, 0.2) is 10.9 Å². The highest BCUT2D eigenvalue weighted by Crippen LogP contribution is 2.20. The molecular formula is C12H17N3O3. The van der Waals surface area contributed by atoms with Gasteiger partial charge in [0.2, 0.25) is 5.95 Å². The van der Waals surface area contributed by atoms with Gasteiger partial charge in [-0.1, -0.05) is 6.92 Å². The van der Waals surface area contributed by atoms with Gasteiger partial charge < -0.3 is 10.0 Å². The summed E-state index contributed by atoms with van der Waals surface area (Å²) in [5.41, 5.74) is 0.603. The van der Waals surface area contributed by atoms with Crippen LogP contribution >= 0.6 is 0 Å². The summed E-state index contributed by atoms with van der Waals surface area (Å²) >= 11 is 0. The molecule has 98 valence electrons. The third kappa shape index (κ3) is 2.69. The van der Waals surface area contributed by atoms with Gasteiger partial charge in [-0.25, -0.2) is 4.98 Å². The maximum Gasteiger partial charge on any atom is 0.306 e. The molecule has 1 saturated heterocycles. The molecule has 1 aliphatic rings. The molecule has 2 N–H and O–H groups in total. The highest BCUT2D eigenvalue weighted by Gasteiger charge is 2.25. The van der Waals surface area contributed by atoms with Crippen LogP contribution in [0.4, 0.5) is 5.95 Å². The van der Waals surface area contributed by atoms with Gasteiger partial charge in [0.1, 0.15) is 0 Å². The van der Waals surface area contributed by atoms with E-state index in [-0.39, 0.29) is 11.5 Å². The number of nitrogens with zero attached hydrogens (tertiary/aromatic N) is 2. The average molecular weight is 251 g/mol. The number of anilines is 1. The molecule has 0 unspecified atom stereocenters. The zero-order valence-corrected chi connectivity index (χ0v) is 10.3. The van der Waals surface area contributed by atoms with E-state index in [4.69, 9.17) is 5.11 Å². The van der Waals surface area contributed by atoms with Gasteiger partial charge in [-0.2, -0.15) is 0 Å². The second-order valence-electron chi connectivity index (χ2n) is 4.51. The Hall–Kier alpha value is -1.85. The van der Waals surface area contributed by atoms with Gasteiger partial charge in [-0.15, -0.1) is 0 Å². The SMILES string of the molecule is CCc1cc(=O)[nH]c(N2CCC(C(=O)O)CC2)n1. The molecule has 1 aromatic heterocycles. The third-order valence-corrected chi connectivity index (χ3v) is 3.29. The van der Waals surface area contributed by atoms with E-state index in [2.05, 4.69) is 9.97 Å². The summed E-state index contributed by atoms with van der Waals surface area (Å²) in [6.07, 6.45) is 1.90. The average Bonchev–Trinajstić information content (AvgIpc) is 2.38. The van der Waals surface area contributed by atoms with Gasteiger partial charge in [-0.3, -0.25) is 14.6 Å². The van der Waals surface area contributed by atoms with Crippen molar-refractivity contribution in [1.82, 2.24) is 9.97 Å². The van der Waals surface area contributed by atoms with E-state index in [9.17, 15) is 9.59 Å². The maximum atomic E-state index is 11.5. The van der Waals surface area contributed by atoms with Crippen molar-refractivity contribution in [2.75, 3.05) is 18.0 Å². The van der Waals surface area contributed by atoms with Crippen LogP contribution in [0.3, 0.4) is 0 Å². The lowest BCUT2D eigenvalue weighted by molar-refractivity contribution is -0.142. The zero-order chi connectivity index (χ0) is 13.1. The van der Waals surface area contributed by atoms with E-state index < -0.39 is 5.97 Å². The largest absolute Gasteiger partial charge is 0.481 e.